The lowest BCUT2D eigenvalue weighted by atomic mass is 9.98. The number of hydrogen-bond donors (Lipinski definition) is 1. The van der Waals surface area contributed by atoms with Crippen LogP contribution in [0.2, 0.25) is 0 Å². The smallest absolute Gasteiger partial charge is 0.366 e. The Morgan fingerprint density at radius 1 is 1.12 bits per heavy atom. The Labute approximate surface area is 93.2 Å². The van der Waals surface area contributed by atoms with E-state index < -0.39 is 35.6 Å². The highest BCUT2D eigenvalue weighted by Gasteiger charge is 2.46. The fraction of sp³-hybridized carbons (Fsp3) is 0.300. The molecule has 1 aromatic rings. The van der Waals surface area contributed by atoms with Crippen molar-refractivity contribution >= 4 is 5.91 Å². The van der Waals surface area contributed by atoms with Gasteiger partial charge >= 0.3 is 6.18 Å². The topological polar surface area (TPSA) is 43.1 Å². The zero-order valence-corrected chi connectivity index (χ0v) is 8.39. The maximum absolute atomic E-state index is 13.3. The summed E-state index contributed by atoms with van der Waals surface area (Å²) in [6.45, 7) is 0. The number of hydrogen-bond acceptors (Lipinski definition) is 1. The molecule has 1 rings (SSSR count). The SMILES string of the molecule is NC(=O)c1ccccc1C(F)(F)CC(F)(F)F. The molecular formula is C10H8F5NO. The molecule has 0 aliphatic carbocycles. The number of benzene rings is 1. The first-order chi connectivity index (χ1) is 7.63. The van der Waals surface area contributed by atoms with Crippen molar-refractivity contribution in [3.05, 3.63) is 35.4 Å². The molecule has 0 bridgehead atoms. The fourth-order valence-corrected chi connectivity index (χ4v) is 1.36. The van der Waals surface area contributed by atoms with Crippen LogP contribution in [0.3, 0.4) is 0 Å². The third-order valence-electron chi connectivity index (χ3n) is 2.01. The van der Waals surface area contributed by atoms with Gasteiger partial charge in [0.25, 0.3) is 5.92 Å². The Bertz CT molecular complexity index is 427. The van der Waals surface area contributed by atoms with Crippen molar-refractivity contribution in [1.29, 1.82) is 0 Å². The van der Waals surface area contributed by atoms with E-state index in [1.165, 1.54) is 6.07 Å². The van der Waals surface area contributed by atoms with Gasteiger partial charge in [-0.2, -0.15) is 13.2 Å². The molecule has 0 unspecified atom stereocenters. The lowest BCUT2D eigenvalue weighted by Crippen LogP contribution is -2.27. The maximum Gasteiger partial charge on any atom is 0.395 e. The van der Waals surface area contributed by atoms with E-state index >= 15 is 0 Å². The normalized spacial score (nSPS) is 12.5. The second kappa shape index (κ2) is 4.31. The summed E-state index contributed by atoms with van der Waals surface area (Å²) in [5.74, 6) is -5.37. The van der Waals surface area contributed by atoms with E-state index in [2.05, 4.69) is 0 Å². The summed E-state index contributed by atoms with van der Waals surface area (Å²) < 4.78 is 62.6. The van der Waals surface area contributed by atoms with Gasteiger partial charge in [-0.1, -0.05) is 18.2 Å². The molecule has 0 saturated heterocycles. The number of primary amides is 1. The maximum atomic E-state index is 13.3. The fourth-order valence-electron chi connectivity index (χ4n) is 1.36. The molecule has 0 aromatic heterocycles. The molecule has 0 radical (unpaired) electrons. The lowest BCUT2D eigenvalue weighted by Gasteiger charge is -2.20. The second-order valence-corrected chi connectivity index (χ2v) is 3.41. The van der Waals surface area contributed by atoms with Gasteiger partial charge < -0.3 is 5.73 Å². The Morgan fingerprint density at radius 2 is 1.65 bits per heavy atom. The monoisotopic (exact) mass is 253 g/mol. The summed E-state index contributed by atoms with van der Waals surface area (Å²) in [5, 5.41) is 0. The van der Waals surface area contributed by atoms with Crippen molar-refractivity contribution in [1.82, 2.24) is 0 Å². The van der Waals surface area contributed by atoms with Crippen LogP contribution in [-0.2, 0) is 5.92 Å². The van der Waals surface area contributed by atoms with Gasteiger partial charge in [-0.25, -0.2) is 8.78 Å². The first-order valence-electron chi connectivity index (χ1n) is 4.47. The zero-order chi connectivity index (χ0) is 13.3. The Kier molecular flexibility index (Phi) is 3.40. The van der Waals surface area contributed by atoms with Gasteiger partial charge in [-0.15, -0.1) is 0 Å². The summed E-state index contributed by atoms with van der Waals surface area (Å²) in [6.07, 6.45) is -7.36. The average Bonchev–Trinajstić information content (AvgIpc) is 2.14. The number of rotatable bonds is 3. The number of alkyl halides is 5. The molecule has 7 heteroatoms. The number of halogens is 5. The summed E-state index contributed by atoms with van der Waals surface area (Å²) >= 11 is 0. The Hall–Kier alpha value is -1.66. The van der Waals surface area contributed by atoms with Crippen LogP contribution in [-0.4, -0.2) is 12.1 Å². The lowest BCUT2D eigenvalue weighted by molar-refractivity contribution is -0.191. The van der Waals surface area contributed by atoms with Gasteiger partial charge in [0.1, 0.15) is 6.42 Å². The predicted molar refractivity (Wildman–Crippen MR) is 49.5 cm³/mol. The van der Waals surface area contributed by atoms with Crippen molar-refractivity contribution in [2.24, 2.45) is 5.73 Å². The molecule has 94 valence electrons. The van der Waals surface area contributed by atoms with Gasteiger partial charge in [-0.05, 0) is 6.07 Å². The number of nitrogens with two attached hydrogens (primary N) is 1. The van der Waals surface area contributed by atoms with E-state index in [1.807, 2.05) is 0 Å². The molecule has 0 atom stereocenters. The van der Waals surface area contributed by atoms with Gasteiger partial charge in [0.05, 0.1) is 0 Å². The van der Waals surface area contributed by atoms with Crippen LogP contribution in [0.15, 0.2) is 24.3 Å². The molecule has 2 nitrogen and oxygen atoms in total. The highest BCUT2D eigenvalue weighted by atomic mass is 19.4. The number of carbonyl (C=O) groups is 1. The minimum absolute atomic E-state index is 0.609. The third-order valence-corrected chi connectivity index (χ3v) is 2.01. The van der Waals surface area contributed by atoms with Crippen molar-refractivity contribution in [2.45, 2.75) is 18.5 Å². The van der Waals surface area contributed by atoms with Crippen molar-refractivity contribution in [3.63, 3.8) is 0 Å². The third kappa shape index (κ3) is 3.40. The van der Waals surface area contributed by atoms with Gasteiger partial charge in [-0.3, -0.25) is 4.79 Å². The van der Waals surface area contributed by atoms with Crippen molar-refractivity contribution in [3.8, 4) is 0 Å². The van der Waals surface area contributed by atoms with Gasteiger partial charge in [0.2, 0.25) is 5.91 Å². The van der Waals surface area contributed by atoms with Crippen LogP contribution in [0.1, 0.15) is 22.3 Å². The minimum atomic E-state index is -5.03. The Balaban J connectivity index is 3.19. The molecule has 2 N–H and O–H groups in total. The molecule has 1 amide bonds. The molecule has 0 aliphatic heterocycles. The number of amides is 1. The molecular weight excluding hydrogens is 245 g/mol. The first kappa shape index (κ1) is 13.4. The van der Waals surface area contributed by atoms with E-state index in [9.17, 15) is 26.7 Å². The van der Waals surface area contributed by atoms with Crippen LogP contribution >= 0.6 is 0 Å². The Morgan fingerprint density at radius 3 is 2.12 bits per heavy atom. The molecule has 0 spiro atoms. The minimum Gasteiger partial charge on any atom is -0.366 e. The molecule has 17 heavy (non-hydrogen) atoms. The van der Waals surface area contributed by atoms with Crippen LogP contribution < -0.4 is 5.73 Å². The van der Waals surface area contributed by atoms with Crippen molar-refractivity contribution < 1.29 is 26.7 Å². The first-order valence-corrected chi connectivity index (χ1v) is 4.47. The summed E-state index contributed by atoms with van der Waals surface area (Å²) in [4.78, 5) is 10.8. The van der Waals surface area contributed by atoms with Crippen LogP contribution in [0.5, 0.6) is 0 Å². The summed E-state index contributed by atoms with van der Waals surface area (Å²) in [5.41, 5.74) is 3.20. The molecule has 0 saturated carbocycles. The van der Waals surface area contributed by atoms with E-state index in [4.69, 9.17) is 5.73 Å². The van der Waals surface area contributed by atoms with Crippen LogP contribution in [0, 0.1) is 0 Å². The largest absolute Gasteiger partial charge is 0.395 e. The van der Waals surface area contributed by atoms with E-state index in [-0.39, 0.29) is 0 Å². The average molecular weight is 253 g/mol. The molecule has 1 aromatic carbocycles. The second-order valence-electron chi connectivity index (χ2n) is 3.41. The highest BCUT2D eigenvalue weighted by Crippen LogP contribution is 2.40. The highest BCUT2D eigenvalue weighted by molar-refractivity contribution is 5.94. The van der Waals surface area contributed by atoms with Crippen LogP contribution in [0.25, 0.3) is 0 Å². The van der Waals surface area contributed by atoms with E-state index in [0.717, 1.165) is 18.2 Å². The molecule has 0 heterocycles. The molecule has 0 fully saturated rings. The van der Waals surface area contributed by atoms with Crippen LogP contribution in [0.4, 0.5) is 22.0 Å². The molecule has 0 aliphatic rings. The van der Waals surface area contributed by atoms with Gasteiger partial charge in [0.15, 0.2) is 0 Å². The predicted octanol–water partition coefficient (Wildman–Crippen LogP) is 2.83. The summed E-state index contributed by atoms with van der Waals surface area (Å²) in [6, 6.07) is 4.08. The summed E-state index contributed by atoms with van der Waals surface area (Å²) in [7, 11) is 0. The van der Waals surface area contributed by atoms with E-state index in [1.54, 1.807) is 0 Å². The standard InChI is InChI=1S/C10H8F5NO/c11-9(12,5-10(13,14)15)7-4-2-1-3-6(7)8(16)17/h1-4H,5H2,(H2,16,17). The van der Waals surface area contributed by atoms with Crippen molar-refractivity contribution in [2.75, 3.05) is 0 Å². The number of carbonyl (C=O) groups excluding carboxylic acids is 1. The van der Waals surface area contributed by atoms with E-state index in [0.29, 0.717) is 0 Å². The zero-order valence-electron chi connectivity index (χ0n) is 8.39. The quantitative estimate of drug-likeness (QED) is 0.827. The van der Waals surface area contributed by atoms with Gasteiger partial charge in [0, 0.05) is 11.1 Å².